The summed E-state index contributed by atoms with van der Waals surface area (Å²) in [6, 6.07) is 1.94. The molecule has 0 atom stereocenters. The monoisotopic (exact) mass is 409 g/mol. The number of aryl methyl sites for hydroxylation is 1. The van der Waals surface area contributed by atoms with Crippen molar-refractivity contribution in [2.45, 2.75) is 84.7 Å². The highest BCUT2D eigenvalue weighted by Crippen LogP contribution is 2.41. The van der Waals surface area contributed by atoms with Crippen molar-refractivity contribution in [1.29, 1.82) is 0 Å². The van der Waals surface area contributed by atoms with Gasteiger partial charge in [0, 0.05) is 17.0 Å². The van der Waals surface area contributed by atoms with Gasteiger partial charge in [-0.25, -0.2) is 14.6 Å². The number of carbonyl (C=O) groups is 1. The van der Waals surface area contributed by atoms with Crippen LogP contribution in [0.5, 0.6) is 0 Å². The molecule has 3 heterocycles. The second-order valence-electron chi connectivity index (χ2n) is 10.3. The number of carbonyl (C=O) groups excluding carboxylic acids is 1. The molecule has 7 heteroatoms. The van der Waals surface area contributed by atoms with Crippen molar-refractivity contribution in [2.75, 3.05) is 0 Å². The van der Waals surface area contributed by atoms with Crippen LogP contribution in [0, 0.1) is 6.92 Å². The highest BCUT2D eigenvalue weighted by Gasteiger charge is 2.30. The highest BCUT2D eigenvalue weighted by molar-refractivity contribution is 6.06. The van der Waals surface area contributed by atoms with E-state index in [-0.39, 0.29) is 23.4 Å². The highest BCUT2D eigenvalue weighted by atomic mass is 16.4. The van der Waals surface area contributed by atoms with Gasteiger partial charge in [0.25, 0.3) is 5.91 Å². The molecule has 0 unspecified atom stereocenters. The van der Waals surface area contributed by atoms with Gasteiger partial charge in [0.1, 0.15) is 5.76 Å². The van der Waals surface area contributed by atoms with E-state index in [1.165, 1.54) is 0 Å². The van der Waals surface area contributed by atoms with Crippen LogP contribution in [-0.4, -0.2) is 25.7 Å². The van der Waals surface area contributed by atoms with E-state index in [1.54, 1.807) is 6.20 Å². The van der Waals surface area contributed by atoms with Gasteiger partial charge >= 0.3 is 0 Å². The van der Waals surface area contributed by atoms with Crippen molar-refractivity contribution < 1.29 is 9.21 Å². The fraction of sp³-hybridized carbons (Fsp3) is 0.565. The largest absolute Gasteiger partial charge is 0.443 e. The first-order valence-corrected chi connectivity index (χ1v) is 10.6. The molecule has 1 amide bonds. The Morgan fingerprint density at radius 1 is 1.23 bits per heavy atom. The summed E-state index contributed by atoms with van der Waals surface area (Å²) in [4.78, 5) is 22.4. The molecule has 0 bridgehead atoms. The molecular formula is C23H31N5O2. The fourth-order valence-corrected chi connectivity index (χ4v) is 3.53. The Morgan fingerprint density at radius 2 is 1.93 bits per heavy atom. The van der Waals surface area contributed by atoms with Gasteiger partial charge in [-0.15, -0.1) is 0 Å². The van der Waals surface area contributed by atoms with Crippen molar-refractivity contribution in [1.82, 2.24) is 25.1 Å². The molecule has 1 fully saturated rings. The topological polar surface area (TPSA) is 85.8 Å². The van der Waals surface area contributed by atoms with Crippen LogP contribution < -0.4 is 5.32 Å². The van der Waals surface area contributed by atoms with Gasteiger partial charge < -0.3 is 9.73 Å². The molecule has 30 heavy (non-hydrogen) atoms. The number of rotatable bonds is 4. The van der Waals surface area contributed by atoms with E-state index in [0.29, 0.717) is 17.4 Å². The van der Waals surface area contributed by atoms with Crippen molar-refractivity contribution in [3.63, 3.8) is 0 Å². The van der Waals surface area contributed by atoms with Crippen LogP contribution in [-0.2, 0) is 17.5 Å². The van der Waals surface area contributed by atoms with E-state index >= 15 is 0 Å². The van der Waals surface area contributed by atoms with E-state index in [9.17, 15) is 4.79 Å². The number of nitrogens with one attached hydrogen (secondary N) is 1. The van der Waals surface area contributed by atoms with E-state index in [4.69, 9.17) is 14.5 Å². The summed E-state index contributed by atoms with van der Waals surface area (Å²) in [6.45, 7) is 14.7. The Labute approximate surface area is 177 Å². The smallest absolute Gasteiger partial charge is 0.252 e. The molecule has 160 valence electrons. The van der Waals surface area contributed by atoms with Crippen molar-refractivity contribution >= 4 is 16.9 Å². The predicted molar refractivity (Wildman–Crippen MR) is 116 cm³/mol. The van der Waals surface area contributed by atoms with Gasteiger partial charge in [-0.3, -0.25) is 4.79 Å². The summed E-state index contributed by atoms with van der Waals surface area (Å²) in [6.07, 6.45) is 3.97. The second kappa shape index (κ2) is 6.93. The lowest BCUT2D eigenvalue weighted by Crippen LogP contribution is -2.25. The van der Waals surface area contributed by atoms with E-state index in [1.807, 2.05) is 17.7 Å². The molecule has 1 aliphatic rings. The first-order valence-electron chi connectivity index (χ1n) is 10.6. The van der Waals surface area contributed by atoms with Gasteiger partial charge in [0.05, 0.1) is 34.9 Å². The van der Waals surface area contributed by atoms with Crippen molar-refractivity contribution in [3.8, 4) is 0 Å². The molecule has 3 aromatic heterocycles. The molecule has 1 N–H and O–H groups in total. The van der Waals surface area contributed by atoms with Gasteiger partial charge in [0.15, 0.2) is 5.65 Å². The molecular weight excluding hydrogens is 378 g/mol. The Balaban J connectivity index is 1.68. The quantitative estimate of drug-likeness (QED) is 0.681. The number of pyridine rings is 1. The van der Waals surface area contributed by atoms with Crippen LogP contribution in [0.15, 0.2) is 16.7 Å². The fourth-order valence-electron chi connectivity index (χ4n) is 3.53. The van der Waals surface area contributed by atoms with Crippen LogP contribution in [0.2, 0.25) is 0 Å². The SMILES string of the molecule is Cc1nn(C(C)(C)C)c2nc(C3CC3)cc(C(=O)NCc3ncc(C(C)(C)C)o3)c12. The van der Waals surface area contributed by atoms with E-state index < -0.39 is 0 Å². The lowest BCUT2D eigenvalue weighted by Gasteiger charge is -2.20. The molecule has 0 saturated heterocycles. The van der Waals surface area contributed by atoms with Gasteiger partial charge in [-0.1, -0.05) is 20.8 Å². The summed E-state index contributed by atoms with van der Waals surface area (Å²) < 4.78 is 7.75. The Bertz CT molecular complexity index is 1110. The maximum Gasteiger partial charge on any atom is 0.252 e. The maximum absolute atomic E-state index is 13.2. The molecule has 4 rings (SSSR count). The molecule has 1 saturated carbocycles. The van der Waals surface area contributed by atoms with Crippen LogP contribution in [0.1, 0.15) is 93.7 Å². The predicted octanol–water partition coefficient (Wildman–Crippen LogP) is 4.59. The number of aromatic nitrogens is 4. The van der Waals surface area contributed by atoms with Crippen molar-refractivity contribution in [3.05, 3.63) is 40.9 Å². The molecule has 0 spiro atoms. The maximum atomic E-state index is 13.2. The van der Waals surface area contributed by atoms with Crippen LogP contribution in [0.3, 0.4) is 0 Å². The summed E-state index contributed by atoms with van der Waals surface area (Å²) in [5.74, 6) is 1.58. The van der Waals surface area contributed by atoms with Gasteiger partial charge in [-0.05, 0) is 46.6 Å². The minimum absolute atomic E-state index is 0.121. The summed E-state index contributed by atoms with van der Waals surface area (Å²) in [5, 5.41) is 8.51. The average Bonchev–Trinajstić information content (AvgIpc) is 3.27. The molecule has 7 nitrogen and oxygen atoms in total. The normalized spacial score (nSPS) is 15.0. The van der Waals surface area contributed by atoms with Gasteiger partial charge in [0.2, 0.25) is 5.89 Å². The molecule has 0 aromatic carbocycles. The minimum atomic E-state index is -0.225. The number of amides is 1. The van der Waals surface area contributed by atoms with E-state index in [2.05, 4.69) is 51.8 Å². The second-order valence-corrected chi connectivity index (χ2v) is 10.3. The van der Waals surface area contributed by atoms with Crippen LogP contribution >= 0.6 is 0 Å². The third-order valence-corrected chi connectivity index (χ3v) is 5.40. The van der Waals surface area contributed by atoms with Crippen molar-refractivity contribution in [2.24, 2.45) is 0 Å². The zero-order valence-corrected chi connectivity index (χ0v) is 19.0. The third-order valence-electron chi connectivity index (χ3n) is 5.40. The first-order chi connectivity index (χ1) is 13.9. The average molecular weight is 410 g/mol. The molecule has 1 aliphatic carbocycles. The Morgan fingerprint density at radius 3 is 2.50 bits per heavy atom. The number of hydrogen-bond donors (Lipinski definition) is 1. The first kappa shape index (κ1) is 20.6. The lowest BCUT2D eigenvalue weighted by molar-refractivity contribution is 0.0948. The minimum Gasteiger partial charge on any atom is -0.443 e. The third kappa shape index (κ3) is 3.85. The summed E-state index contributed by atoms with van der Waals surface area (Å²) in [5.41, 5.74) is 2.84. The standard InChI is InChI=1S/C23H31N5O2/c1-13-19-15(21(29)25-12-18-24-11-17(30-18)22(2,3)4)10-16(14-8-9-14)26-20(19)28(27-13)23(5,6)7/h10-11,14H,8-9,12H2,1-7H3,(H,25,29). The number of hydrogen-bond acceptors (Lipinski definition) is 5. The summed E-state index contributed by atoms with van der Waals surface area (Å²) in [7, 11) is 0. The van der Waals surface area contributed by atoms with Crippen LogP contribution in [0.4, 0.5) is 0 Å². The summed E-state index contributed by atoms with van der Waals surface area (Å²) >= 11 is 0. The molecule has 0 radical (unpaired) electrons. The zero-order valence-electron chi connectivity index (χ0n) is 19.0. The number of nitrogens with zero attached hydrogens (tertiary/aromatic N) is 4. The zero-order chi connectivity index (χ0) is 21.8. The number of fused-ring (bicyclic) bond motifs is 1. The molecule has 0 aliphatic heterocycles. The van der Waals surface area contributed by atoms with E-state index in [0.717, 1.165) is 41.0 Å². The lowest BCUT2D eigenvalue weighted by atomic mass is 9.94. The van der Waals surface area contributed by atoms with Gasteiger partial charge in [-0.2, -0.15) is 5.10 Å². The molecule has 3 aromatic rings. The number of oxazole rings is 1. The van der Waals surface area contributed by atoms with Crippen LogP contribution in [0.25, 0.3) is 11.0 Å². The Hall–Kier alpha value is -2.70. The Kier molecular flexibility index (Phi) is 4.75.